The van der Waals surface area contributed by atoms with Crippen LogP contribution in [-0.4, -0.2) is 70.8 Å². The lowest BCUT2D eigenvalue weighted by atomic mass is 10.2. The normalized spacial score (nSPS) is 21.2. The van der Waals surface area contributed by atoms with Gasteiger partial charge in [0.15, 0.2) is 6.10 Å². The molecule has 2 aliphatic heterocycles. The standard InChI is InChI=1S/C18H22N4O3S/c1-20-16(23)13-4-2-3-5-14(13)19-18(20)22-6-9-25-15(12-22)17(24)21-7-10-26-11-8-21/h2-5,15H,6-12H2,1H3. The van der Waals surface area contributed by atoms with Crippen molar-refractivity contribution in [2.24, 2.45) is 7.05 Å². The zero-order chi connectivity index (χ0) is 18.1. The molecule has 2 fully saturated rings. The number of carbonyl (C=O) groups is 1. The average molecular weight is 374 g/mol. The number of morpholine rings is 1. The van der Waals surface area contributed by atoms with E-state index in [1.165, 1.54) is 0 Å². The number of aromatic nitrogens is 2. The molecule has 1 atom stereocenters. The smallest absolute Gasteiger partial charge is 0.262 e. The summed E-state index contributed by atoms with van der Waals surface area (Å²) in [5.74, 6) is 2.58. The van der Waals surface area contributed by atoms with Gasteiger partial charge in [-0.1, -0.05) is 12.1 Å². The van der Waals surface area contributed by atoms with Crippen LogP contribution in [0.1, 0.15) is 0 Å². The Labute approximate surface area is 155 Å². The second kappa shape index (κ2) is 7.28. The molecule has 0 spiro atoms. The maximum atomic E-state index is 12.8. The van der Waals surface area contributed by atoms with E-state index in [-0.39, 0.29) is 11.5 Å². The fraction of sp³-hybridized carbons (Fsp3) is 0.500. The summed E-state index contributed by atoms with van der Waals surface area (Å²) in [5, 5.41) is 0.602. The third-order valence-electron chi connectivity index (χ3n) is 4.91. The Balaban J connectivity index is 1.60. The van der Waals surface area contributed by atoms with Crippen LogP contribution in [-0.2, 0) is 16.6 Å². The van der Waals surface area contributed by atoms with Gasteiger partial charge in [0.25, 0.3) is 11.5 Å². The number of thioether (sulfide) groups is 1. The Morgan fingerprint density at radius 3 is 2.81 bits per heavy atom. The van der Waals surface area contributed by atoms with Gasteiger partial charge in [0, 0.05) is 38.2 Å². The lowest BCUT2D eigenvalue weighted by molar-refractivity contribution is -0.144. The molecule has 1 aromatic heterocycles. The van der Waals surface area contributed by atoms with E-state index >= 15 is 0 Å². The van der Waals surface area contributed by atoms with Gasteiger partial charge in [-0.15, -0.1) is 0 Å². The summed E-state index contributed by atoms with van der Waals surface area (Å²) in [5.41, 5.74) is 0.598. The zero-order valence-electron chi connectivity index (χ0n) is 14.8. The quantitative estimate of drug-likeness (QED) is 0.772. The highest BCUT2D eigenvalue weighted by Gasteiger charge is 2.32. The van der Waals surface area contributed by atoms with E-state index in [1.54, 1.807) is 17.7 Å². The molecule has 0 radical (unpaired) electrons. The molecule has 8 heteroatoms. The van der Waals surface area contributed by atoms with Crippen LogP contribution in [0.3, 0.4) is 0 Å². The van der Waals surface area contributed by atoms with E-state index in [0.29, 0.717) is 36.5 Å². The largest absolute Gasteiger partial charge is 0.365 e. The predicted octanol–water partition coefficient (Wildman–Crippen LogP) is 0.714. The van der Waals surface area contributed by atoms with Crippen molar-refractivity contribution in [3.05, 3.63) is 34.6 Å². The number of carbonyl (C=O) groups excluding carboxylic acids is 1. The number of hydrogen-bond donors (Lipinski definition) is 0. The number of ether oxygens (including phenoxy) is 1. The van der Waals surface area contributed by atoms with E-state index in [9.17, 15) is 9.59 Å². The van der Waals surface area contributed by atoms with Gasteiger partial charge in [0.2, 0.25) is 5.95 Å². The summed E-state index contributed by atoms with van der Waals surface area (Å²) in [6, 6.07) is 7.34. The molecule has 0 N–H and O–H groups in total. The molecule has 26 heavy (non-hydrogen) atoms. The average Bonchev–Trinajstić information content (AvgIpc) is 2.71. The van der Waals surface area contributed by atoms with Gasteiger partial charge in [-0.25, -0.2) is 4.98 Å². The van der Waals surface area contributed by atoms with Crippen LogP contribution in [0.4, 0.5) is 5.95 Å². The Hall–Kier alpha value is -2.06. The van der Waals surface area contributed by atoms with Crippen molar-refractivity contribution in [3.63, 3.8) is 0 Å². The van der Waals surface area contributed by atoms with Gasteiger partial charge in [0.1, 0.15) is 0 Å². The molecule has 4 rings (SSSR count). The molecule has 1 aromatic carbocycles. The van der Waals surface area contributed by atoms with Crippen molar-refractivity contribution in [2.45, 2.75) is 6.10 Å². The van der Waals surface area contributed by atoms with Crippen LogP contribution in [0.25, 0.3) is 10.9 Å². The molecular formula is C18H22N4O3S. The van der Waals surface area contributed by atoms with Crippen molar-refractivity contribution in [1.82, 2.24) is 14.5 Å². The van der Waals surface area contributed by atoms with E-state index in [2.05, 4.69) is 4.98 Å². The minimum atomic E-state index is -0.504. The summed E-state index contributed by atoms with van der Waals surface area (Å²) in [4.78, 5) is 34.0. The molecule has 1 amide bonds. The summed E-state index contributed by atoms with van der Waals surface area (Å²) >= 11 is 1.87. The van der Waals surface area contributed by atoms with E-state index < -0.39 is 6.10 Å². The number of hydrogen-bond acceptors (Lipinski definition) is 6. The fourth-order valence-corrected chi connectivity index (χ4v) is 4.36. The third-order valence-corrected chi connectivity index (χ3v) is 5.85. The highest BCUT2D eigenvalue weighted by atomic mass is 32.2. The van der Waals surface area contributed by atoms with E-state index in [1.807, 2.05) is 39.8 Å². The zero-order valence-corrected chi connectivity index (χ0v) is 15.6. The summed E-state index contributed by atoms with van der Waals surface area (Å²) in [6.45, 7) is 3.02. The first-order valence-corrected chi connectivity index (χ1v) is 9.99. The van der Waals surface area contributed by atoms with Crippen LogP contribution < -0.4 is 10.5 Å². The number of para-hydroxylation sites is 1. The molecule has 0 saturated carbocycles. The molecule has 7 nitrogen and oxygen atoms in total. The SMILES string of the molecule is Cn1c(N2CCOC(C(=O)N3CCSCC3)C2)nc2ccccc2c1=O. The second-order valence-electron chi connectivity index (χ2n) is 6.54. The minimum absolute atomic E-state index is 0.0424. The Kier molecular flexibility index (Phi) is 4.86. The number of benzene rings is 1. The maximum absolute atomic E-state index is 12.8. The molecule has 0 aliphatic carbocycles. The molecular weight excluding hydrogens is 352 g/mol. The molecule has 2 aromatic rings. The van der Waals surface area contributed by atoms with Crippen LogP contribution in [0.5, 0.6) is 0 Å². The molecule has 2 saturated heterocycles. The Morgan fingerprint density at radius 2 is 2.00 bits per heavy atom. The number of nitrogens with zero attached hydrogens (tertiary/aromatic N) is 4. The lowest BCUT2D eigenvalue weighted by Crippen LogP contribution is -2.53. The maximum Gasteiger partial charge on any atom is 0.262 e. The third kappa shape index (κ3) is 3.19. The monoisotopic (exact) mass is 374 g/mol. The van der Waals surface area contributed by atoms with Crippen molar-refractivity contribution < 1.29 is 9.53 Å². The van der Waals surface area contributed by atoms with Crippen LogP contribution >= 0.6 is 11.8 Å². The van der Waals surface area contributed by atoms with Crippen molar-refractivity contribution in [2.75, 3.05) is 49.2 Å². The van der Waals surface area contributed by atoms with Gasteiger partial charge < -0.3 is 14.5 Å². The number of anilines is 1. The van der Waals surface area contributed by atoms with Crippen molar-refractivity contribution in [3.8, 4) is 0 Å². The number of rotatable bonds is 2. The van der Waals surface area contributed by atoms with Crippen molar-refractivity contribution >= 4 is 34.5 Å². The van der Waals surface area contributed by atoms with Gasteiger partial charge in [-0.2, -0.15) is 11.8 Å². The first-order valence-electron chi connectivity index (χ1n) is 8.84. The predicted molar refractivity (Wildman–Crippen MR) is 103 cm³/mol. The number of amides is 1. The molecule has 0 bridgehead atoms. The van der Waals surface area contributed by atoms with Gasteiger partial charge in [-0.05, 0) is 12.1 Å². The first kappa shape index (κ1) is 17.4. The Bertz CT molecular complexity index is 878. The molecule has 138 valence electrons. The lowest BCUT2D eigenvalue weighted by Gasteiger charge is -2.36. The van der Waals surface area contributed by atoms with Crippen molar-refractivity contribution in [1.29, 1.82) is 0 Å². The van der Waals surface area contributed by atoms with Crippen LogP contribution in [0, 0.1) is 0 Å². The summed E-state index contributed by atoms with van der Waals surface area (Å²) in [7, 11) is 1.73. The summed E-state index contributed by atoms with van der Waals surface area (Å²) in [6.07, 6.45) is -0.504. The highest BCUT2D eigenvalue weighted by molar-refractivity contribution is 7.99. The molecule has 3 heterocycles. The van der Waals surface area contributed by atoms with E-state index in [4.69, 9.17) is 4.74 Å². The van der Waals surface area contributed by atoms with Crippen LogP contribution in [0.2, 0.25) is 0 Å². The van der Waals surface area contributed by atoms with Crippen LogP contribution in [0.15, 0.2) is 29.1 Å². The van der Waals surface area contributed by atoms with E-state index in [0.717, 1.165) is 24.6 Å². The van der Waals surface area contributed by atoms with Gasteiger partial charge in [-0.3, -0.25) is 14.2 Å². The topological polar surface area (TPSA) is 67.7 Å². The fourth-order valence-electron chi connectivity index (χ4n) is 3.46. The minimum Gasteiger partial charge on any atom is -0.365 e. The highest BCUT2D eigenvalue weighted by Crippen LogP contribution is 2.19. The van der Waals surface area contributed by atoms with Gasteiger partial charge in [0.05, 0.1) is 24.1 Å². The second-order valence-corrected chi connectivity index (χ2v) is 7.76. The molecule has 2 aliphatic rings. The summed E-state index contributed by atoms with van der Waals surface area (Å²) < 4.78 is 7.31. The van der Waals surface area contributed by atoms with Gasteiger partial charge >= 0.3 is 0 Å². The Morgan fingerprint density at radius 1 is 1.23 bits per heavy atom. The molecule has 1 unspecified atom stereocenters. The first-order chi connectivity index (χ1) is 12.6. The number of fused-ring (bicyclic) bond motifs is 1.